The van der Waals surface area contributed by atoms with Crippen LogP contribution in [0.3, 0.4) is 0 Å². The van der Waals surface area contributed by atoms with Crippen molar-refractivity contribution in [3.8, 4) is 6.07 Å². The van der Waals surface area contributed by atoms with Crippen LogP contribution in [0.2, 0.25) is 0 Å². The summed E-state index contributed by atoms with van der Waals surface area (Å²) in [6.45, 7) is 2.20. The van der Waals surface area contributed by atoms with E-state index < -0.39 is 0 Å². The Hall–Kier alpha value is -2.39. The number of aryl methyl sites for hydroxylation is 1. The number of nitriles is 1. The van der Waals surface area contributed by atoms with Crippen molar-refractivity contribution in [2.75, 3.05) is 12.8 Å². The minimum atomic E-state index is -0.112. The molecule has 0 aliphatic carbocycles. The second-order valence-electron chi connectivity index (χ2n) is 4.44. The third-order valence-electron chi connectivity index (χ3n) is 2.83. The highest BCUT2D eigenvalue weighted by molar-refractivity contribution is 7.17. The standard InChI is InChI=1S/C14H14N4OS/c1-9-12(20-14(16)17-9)13(19)18(2)8-11-5-3-4-10(6-11)7-15/h3-6H,8H2,1-2H3,(H2,16,17). The molecule has 0 aliphatic rings. The van der Waals surface area contributed by atoms with E-state index in [0.29, 0.717) is 27.8 Å². The van der Waals surface area contributed by atoms with Gasteiger partial charge in [0.25, 0.3) is 5.91 Å². The van der Waals surface area contributed by atoms with Crippen LogP contribution in [0, 0.1) is 18.3 Å². The summed E-state index contributed by atoms with van der Waals surface area (Å²) in [6.07, 6.45) is 0. The Morgan fingerprint density at radius 1 is 1.55 bits per heavy atom. The van der Waals surface area contributed by atoms with Crippen molar-refractivity contribution in [2.45, 2.75) is 13.5 Å². The first kappa shape index (κ1) is 14.0. The van der Waals surface area contributed by atoms with Crippen LogP contribution in [-0.4, -0.2) is 22.8 Å². The number of nitrogens with zero attached hydrogens (tertiary/aromatic N) is 3. The maximum absolute atomic E-state index is 12.3. The molecule has 0 atom stereocenters. The summed E-state index contributed by atoms with van der Waals surface area (Å²) in [6, 6.07) is 9.29. The van der Waals surface area contributed by atoms with Gasteiger partial charge in [-0.3, -0.25) is 4.79 Å². The SMILES string of the molecule is Cc1nc(N)sc1C(=O)N(C)Cc1cccc(C#N)c1. The van der Waals surface area contributed by atoms with Crippen molar-refractivity contribution in [1.82, 2.24) is 9.88 Å². The number of hydrogen-bond acceptors (Lipinski definition) is 5. The normalized spacial score (nSPS) is 10.1. The Morgan fingerprint density at radius 2 is 2.30 bits per heavy atom. The number of hydrogen-bond donors (Lipinski definition) is 1. The maximum Gasteiger partial charge on any atom is 0.265 e. The zero-order valence-corrected chi connectivity index (χ0v) is 12.1. The zero-order valence-electron chi connectivity index (χ0n) is 11.3. The van der Waals surface area contributed by atoms with Gasteiger partial charge in [0.05, 0.1) is 17.3 Å². The molecular formula is C14H14N4OS. The Labute approximate surface area is 121 Å². The van der Waals surface area contributed by atoms with Gasteiger partial charge in [-0.15, -0.1) is 0 Å². The number of anilines is 1. The van der Waals surface area contributed by atoms with Crippen LogP contribution in [0.15, 0.2) is 24.3 Å². The third kappa shape index (κ3) is 2.95. The van der Waals surface area contributed by atoms with Crippen LogP contribution in [0.25, 0.3) is 0 Å². The molecule has 0 radical (unpaired) electrons. The fourth-order valence-corrected chi connectivity index (χ4v) is 2.70. The van der Waals surface area contributed by atoms with Crippen LogP contribution in [-0.2, 0) is 6.54 Å². The molecule has 0 saturated carbocycles. The Balaban J connectivity index is 2.15. The molecule has 0 bridgehead atoms. The van der Waals surface area contributed by atoms with Gasteiger partial charge in [-0.25, -0.2) is 4.98 Å². The number of thiazole rings is 1. The smallest absolute Gasteiger partial charge is 0.265 e. The quantitative estimate of drug-likeness (QED) is 0.937. The summed E-state index contributed by atoms with van der Waals surface area (Å²) in [7, 11) is 1.72. The van der Waals surface area contributed by atoms with Gasteiger partial charge in [-0.05, 0) is 24.6 Å². The fourth-order valence-electron chi connectivity index (χ4n) is 1.87. The van der Waals surface area contributed by atoms with E-state index in [-0.39, 0.29) is 5.91 Å². The van der Waals surface area contributed by atoms with E-state index in [9.17, 15) is 4.79 Å². The van der Waals surface area contributed by atoms with Gasteiger partial charge in [0.15, 0.2) is 5.13 Å². The topological polar surface area (TPSA) is 83.0 Å². The third-order valence-corrected chi connectivity index (χ3v) is 3.80. The Bertz CT molecular complexity index is 687. The van der Waals surface area contributed by atoms with Gasteiger partial charge in [0.2, 0.25) is 0 Å². The van der Waals surface area contributed by atoms with E-state index in [2.05, 4.69) is 11.1 Å². The number of carbonyl (C=O) groups excluding carboxylic acids is 1. The van der Waals surface area contributed by atoms with Gasteiger partial charge in [-0.1, -0.05) is 23.5 Å². The van der Waals surface area contributed by atoms with Crippen molar-refractivity contribution in [1.29, 1.82) is 5.26 Å². The number of nitrogen functional groups attached to an aromatic ring is 1. The molecule has 1 amide bonds. The number of carbonyl (C=O) groups is 1. The van der Waals surface area contributed by atoms with E-state index in [1.807, 2.05) is 12.1 Å². The number of nitrogens with two attached hydrogens (primary N) is 1. The van der Waals surface area contributed by atoms with Crippen molar-refractivity contribution in [2.24, 2.45) is 0 Å². The van der Waals surface area contributed by atoms with Gasteiger partial charge in [-0.2, -0.15) is 5.26 Å². The van der Waals surface area contributed by atoms with E-state index >= 15 is 0 Å². The first-order valence-corrected chi connectivity index (χ1v) is 6.80. The Morgan fingerprint density at radius 3 is 2.90 bits per heavy atom. The molecule has 1 aromatic carbocycles. The molecule has 0 aliphatic heterocycles. The summed E-state index contributed by atoms with van der Waals surface area (Å²) in [5.74, 6) is -0.112. The van der Waals surface area contributed by atoms with Crippen molar-refractivity contribution in [3.05, 3.63) is 46.0 Å². The van der Waals surface area contributed by atoms with E-state index in [0.717, 1.165) is 5.56 Å². The summed E-state index contributed by atoms with van der Waals surface area (Å²) >= 11 is 1.19. The molecule has 0 unspecified atom stereocenters. The van der Waals surface area contributed by atoms with Gasteiger partial charge in [0.1, 0.15) is 4.88 Å². The molecule has 2 aromatic rings. The fraction of sp³-hybridized carbons (Fsp3) is 0.214. The average molecular weight is 286 g/mol. The molecule has 0 spiro atoms. The largest absolute Gasteiger partial charge is 0.375 e. The number of rotatable bonds is 3. The molecule has 102 valence electrons. The van der Waals surface area contributed by atoms with Gasteiger partial charge in [0, 0.05) is 13.6 Å². The van der Waals surface area contributed by atoms with Crippen LogP contribution in [0.1, 0.15) is 26.5 Å². The molecule has 0 fully saturated rings. The van der Waals surface area contributed by atoms with Crippen LogP contribution in [0.5, 0.6) is 0 Å². The van der Waals surface area contributed by atoms with Gasteiger partial charge >= 0.3 is 0 Å². The van der Waals surface area contributed by atoms with Crippen LogP contribution < -0.4 is 5.73 Å². The molecular weight excluding hydrogens is 272 g/mol. The lowest BCUT2D eigenvalue weighted by Gasteiger charge is -2.16. The van der Waals surface area contributed by atoms with E-state index in [1.54, 1.807) is 31.0 Å². The molecule has 2 rings (SSSR count). The zero-order chi connectivity index (χ0) is 14.7. The first-order chi connectivity index (χ1) is 9.51. The van der Waals surface area contributed by atoms with E-state index in [4.69, 9.17) is 11.0 Å². The van der Waals surface area contributed by atoms with E-state index in [1.165, 1.54) is 11.3 Å². The maximum atomic E-state index is 12.3. The minimum Gasteiger partial charge on any atom is -0.375 e. The molecule has 1 aromatic heterocycles. The lowest BCUT2D eigenvalue weighted by atomic mass is 10.1. The second-order valence-corrected chi connectivity index (χ2v) is 5.47. The molecule has 5 nitrogen and oxygen atoms in total. The second kappa shape index (κ2) is 5.72. The molecule has 2 N–H and O–H groups in total. The Kier molecular flexibility index (Phi) is 4.01. The first-order valence-electron chi connectivity index (χ1n) is 5.98. The summed E-state index contributed by atoms with van der Waals surface area (Å²) in [5, 5.41) is 9.27. The lowest BCUT2D eigenvalue weighted by molar-refractivity contribution is 0.0789. The van der Waals surface area contributed by atoms with Crippen molar-refractivity contribution in [3.63, 3.8) is 0 Å². The highest BCUT2D eigenvalue weighted by Crippen LogP contribution is 2.21. The molecule has 20 heavy (non-hydrogen) atoms. The minimum absolute atomic E-state index is 0.112. The van der Waals surface area contributed by atoms with Crippen molar-refractivity contribution >= 4 is 22.4 Å². The van der Waals surface area contributed by atoms with Crippen LogP contribution >= 0.6 is 11.3 Å². The predicted octanol–water partition coefficient (Wildman–Crippen LogP) is 2.18. The monoisotopic (exact) mass is 286 g/mol. The summed E-state index contributed by atoms with van der Waals surface area (Å²) < 4.78 is 0. The van der Waals surface area contributed by atoms with Crippen LogP contribution in [0.4, 0.5) is 5.13 Å². The highest BCUT2D eigenvalue weighted by Gasteiger charge is 2.18. The average Bonchev–Trinajstić information content (AvgIpc) is 2.77. The highest BCUT2D eigenvalue weighted by atomic mass is 32.1. The molecule has 0 saturated heterocycles. The van der Waals surface area contributed by atoms with Gasteiger partial charge < -0.3 is 10.6 Å². The summed E-state index contributed by atoms with van der Waals surface area (Å²) in [4.78, 5) is 18.5. The molecule has 1 heterocycles. The predicted molar refractivity (Wildman–Crippen MR) is 78.2 cm³/mol. The number of amides is 1. The molecule has 6 heteroatoms. The number of benzene rings is 1. The lowest BCUT2D eigenvalue weighted by Crippen LogP contribution is -2.26. The summed E-state index contributed by atoms with van der Waals surface area (Å²) in [5.41, 5.74) is 7.75. The van der Waals surface area contributed by atoms with Crippen molar-refractivity contribution < 1.29 is 4.79 Å². The number of aromatic nitrogens is 1.